The highest BCUT2D eigenvalue weighted by Crippen LogP contribution is 2.43. The van der Waals surface area contributed by atoms with E-state index in [1.165, 1.54) is 11.3 Å². The van der Waals surface area contributed by atoms with E-state index in [1.54, 1.807) is 23.6 Å². The summed E-state index contributed by atoms with van der Waals surface area (Å²) in [6.45, 7) is 0.145. The molecule has 2 aromatic rings. The van der Waals surface area contributed by atoms with Crippen molar-refractivity contribution in [1.29, 1.82) is 0 Å². The van der Waals surface area contributed by atoms with Gasteiger partial charge in [-0.3, -0.25) is 4.79 Å². The summed E-state index contributed by atoms with van der Waals surface area (Å²) < 4.78 is 10.1. The van der Waals surface area contributed by atoms with Crippen molar-refractivity contribution < 1.29 is 19.1 Å². The van der Waals surface area contributed by atoms with Gasteiger partial charge in [-0.15, -0.1) is 11.3 Å². The molecule has 0 fully saturated rings. The third kappa shape index (κ3) is 2.75. The van der Waals surface area contributed by atoms with Crippen molar-refractivity contribution in [3.63, 3.8) is 0 Å². The highest BCUT2D eigenvalue weighted by atomic mass is 35.5. The smallest absolute Gasteiger partial charge is 0.406 e. The lowest BCUT2D eigenvalue weighted by Gasteiger charge is -2.13. The highest BCUT2D eigenvalue weighted by Gasteiger charge is 2.32. The Morgan fingerprint density at radius 3 is 2.73 bits per heavy atom. The van der Waals surface area contributed by atoms with Crippen molar-refractivity contribution in [1.82, 2.24) is 0 Å². The normalized spacial score (nSPS) is 16.4. The van der Waals surface area contributed by atoms with Crippen LogP contribution in [-0.4, -0.2) is 11.2 Å². The lowest BCUT2D eigenvalue weighted by atomic mass is 10.0. The Balaban J connectivity index is 2.05. The number of ketones is 1. The molecule has 0 spiro atoms. The molecule has 0 saturated heterocycles. The van der Waals surface area contributed by atoms with E-state index in [4.69, 9.17) is 44.3 Å². The number of thiophene rings is 1. The number of carbonyl (C=O) groups excluding carboxylic acids is 2. The molecule has 3 rings (SSSR count). The maximum Gasteiger partial charge on any atom is 0.406 e. The number of benzene rings is 1. The van der Waals surface area contributed by atoms with Crippen LogP contribution in [0.3, 0.4) is 0 Å². The van der Waals surface area contributed by atoms with Gasteiger partial charge in [0, 0.05) is 22.7 Å². The van der Waals surface area contributed by atoms with Crippen LogP contribution in [0.2, 0.25) is 10.0 Å². The Morgan fingerprint density at radius 2 is 2.09 bits per heavy atom. The third-order valence-electron chi connectivity index (χ3n) is 3.15. The van der Waals surface area contributed by atoms with Gasteiger partial charge < -0.3 is 9.47 Å². The van der Waals surface area contributed by atoms with Crippen molar-refractivity contribution in [3.05, 3.63) is 55.2 Å². The standard InChI is InChI=1S/C14H7Cl3O4S/c15-10-7(12(18)8-2-1-3-22-8)4-6-5-20-13(21-14(17)19)9(6)11(10)16/h1-4,13H,5H2. The molecule has 1 aromatic carbocycles. The predicted molar refractivity (Wildman–Crippen MR) is 84.1 cm³/mol. The van der Waals surface area contributed by atoms with Gasteiger partial charge in [0.2, 0.25) is 12.1 Å². The molecule has 114 valence electrons. The first-order valence-electron chi connectivity index (χ1n) is 6.05. The number of carbonyl (C=O) groups is 2. The molecular weight excluding hydrogens is 371 g/mol. The van der Waals surface area contributed by atoms with Crippen molar-refractivity contribution in [2.75, 3.05) is 0 Å². The van der Waals surface area contributed by atoms with Crippen LogP contribution in [0.1, 0.15) is 32.7 Å². The first kappa shape index (κ1) is 15.8. The van der Waals surface area contributed by atoms with Gasteiger partial charge in [-0.05, 0) is 23.1 Å². The van der Waals surface area contributed by atoms with E-state index in [0.717, 1.165) is 0 Å². The van der Waals surface area contributed by atoms with Crippen LogP contribution >= 0.6 is 46.1 Å². The molecule has 22 heavy (non-hydrogen) atoms. The zero-order valence-corrected chi connectivity index (χ0v) is 13.9. The minimum atomic E-state index is -1.02. The van der Waals surface area contributed by atoms with Gasteiger partial charge in [0.15, 0.2) is 0 Å². The number of rotatable bonds is 3. The fourth-order valence-electron chi connectivity index (χ4n) is 2.20. The number of halogens is 3. The maximum absolute atomic E-state index is 12.5. The molecule has 0 amide bonds. The lowest BCUT2D eigenvalue weighted by molar-refractivity contribution is -0.0904. The van der Waals surface area contributed by atoms with Gasteiger partial charge in [0.1, 0.15) is 0 Å². The molecule has 1 aliphatic heterocycles. The Morgan fingerprint density at radius 1 is 1.32 bits per heavy atom. The molecule has 0 saturated carbocycles. The van der Waals surface area contributed by atoms with Gasteiger partial charge >= 0.3 is 5.43 Å². The Labute approximate surface area is 144 Å². The second-order valence-corrected chi connectivity index (χ2v) is 6.44. The summed E-state index contributed by atoms with van der Waals surface area (Å²) in [5, 5.41) is 2.02. The van der Waals surface area contributed by atoms with Crippen molar-refractivity contribution in [2.45, 2.75) is 12.9 Å². The van der Waals surface area contributed by atoms with Crippen LogP contribution in [0, 0.1) is 0 Å². The van der Waals surface area contributed by atoms with Crippen molar-refractivity contribution >= 4 is 57.4 Å². The predicted octanol–water partition coefficient (Wildman–Crippen LogP) is 5.19. The molecule has 1 atom stereocenters. The van der Waals surface area contributed by atoms with Crippen LogP contribution in [0.5, 0.6) is 0 Å². The molecule has 8 heteroatoms. The van der Waals surface area contributed by atoms with E-state index in [-0.39, 0.29) is 28.0 Å². The van der Waals surface area contributed by atoms with E-state index in [0.29, 0.717) is 16.0 Å². The number of fused-ring (bicyclic) bond motifs is 1. The largest absolute Gasteiger partial charge is 0.419 e. The van der Waals surface area contributed by atoms with E-state index < -0.39 is 11.7 Å². The molecule has 4 nitrogen and oxygen atoms in total. The fraction of sp³-hybridized carbons (Fsp3) is 0.143. The third-order valence-corrected chi connectivity index (χ3v) is 4.98. The highest BCUT2D eigenvalue weighted by molar-refractivity contribution is 7.12. The number of hydrogen-bond donors (Lipinski definition) is 0. The summed E-state index contributed by atoms with van der Waals surface area (Å²) in [7, 11) is 0. The topological polar surface area (TPSA) is 52.6 Å². The van der Waals surface area contributed by atoms with Gasteiger partial charge in [0.05, 0.1) is 21.5 Å². The quantitative estimate of drug-likeness (QED) is 0.545. The van der Waals surface area contributed by atoms with Gasteiger partial charge in [-0.1, -0.05) is 29.3 Å². The first-order chi connectivity index (χ1) is 10.5. The molecule has 0 N–H and O–H groups in total. The SMILES string of the molecule is O=C(Cl)OC1OCc2cc(C(=O)c3cccs3)c(Cl)c(Cl)c21. The lowest BCUT2D eigenvalue weighted by Crippen LogP contribution is -2.07. The summed E-state index contributed by atoms with van der Waals surface area (Å²) in [5.74, 6) is -0.220. The molecule has 1 aromatic heterocycles. The van der Waals surface area contributed by atoms with Crippen LogP contribution in [0.4, 0.5) is 4.79 Å². The van der Waals surface area contributed by atoms with Gasteiger partial charge in [0.25, 0.3) is 0 Å². The second kappa shape index (κ2) is 6.18. The average molecular weight is 378 g/mol. The van der Waals surface area contributed by atoms with Crippen LogP contribution < -0.4 is 0 Å². The van der Waals surface area contributed by atoms with Crippen molar-refractivity contribution in [2.24, 2.45) is 0 Å². The summed E-state index contributed by atoms with van der Waals surface area (Å²) in [6, 6.07) is 5.09. The minimum Gasteiger partial charge on any atom is -0.419 e. The van der Waals surface area contributed by atoms with E-state index >= 15 is 0 Å². The summed E-state index contributed by atoms with van der Waals surface area (Å²) in [6.07, 6.45) is -1.02. The summed E-state index contributed by atoms with van der Waals surface area (Å²) in [4.78, 5) is 23.9. The van der Waals surface area contributed by atoms with E-state index in [9.17, 15) is 9.59 Å². The molecule has 0 aliphatic carbocycles. The zero-order valence-electron chi connectivity index (χ0n) is 10.8. The number of ether oxygens (including phenoxy) is 2. The average Bonchev–Trinajstić information content (AvgIpc) is 3.11. The maximum atomic E-state index is 12.5. The monoisotopic (exact) mass is 376 g/mol. The second-order valence-electron chi connectivity index (χ2n) is 4.43. The van der Waals surface area contributed by atoms with Crippen molar-refractivity contribution in [3.8, 4) is 0 Å². The molecule has 1 aliphatic rings. The van der Waals surface area contributed by atoms with Crippen LogP contribution in [-0.2, 0) is 16.1 Å². The fourth-order valence-corrected chi connectivity index (χ4v) is 3.51. The molecule has 0 bridgehead atoms. The Hall–Kier alpha value is -1.11. The Bertz CT molecular complexity index is 758. The first-order valence-corrected chi connectivity index (χ1v) is 8.07. The summed E-state index contributed by atoms with van der Waals surface area (Å²) in [5.41, 5.74) is 0.332. The van der Waals surface area contributed by atoms with Crippen LogP contribution in [0.25, 0.3) is 0 Å². The molecule has 2 heterocycles. The van der Waals surface area contributed by atoms with E-state index in [1.807, 2.05) is 0 Å². The summed E-state index contributed by atoms with van der Waals surface area (Å²) >= 11 is 19.0. The molecule has 0 radical (unpaired) electrons. The van der Waals surface area contributed by atoms with Gasteiger partial charge in [-0.2, -0.15) is 0 Å². The van der Waals surface area contributed by atoms with Crippen LogP contribution in [0.15, 0.2) is 23.6 Å². The van der Waals surface area contributed by atoms with Gasteiger partial charge in [-0.25, -0.2) is 4.79 Å². The molecule has 1 unspecified atom stereocenters. The zero-order chi connectivity index (χ0) is 15.9. The number of hydrogen-bond acceptors (Lipinski definition) is 5. The Kier molecular flexibility index (Phi) is 4.43. The molecular formula is C14H7Cl3O4S. The minimum absolute atomic E-state index is 0.0972. The van der Waals surface area contributed by atoms with E-state index in [2.05, 4.69) is 0 Å².